The van der Waals surface area contributed by atoms with Crippen molar-refractivity contribution in [3.8, 4) is 0 Å². The first kappa shape index (κ1) is 13.3. The van der Waals surface area contributed by atoms with Gasteiger partial charge in [0.1, 0.15) is 5.69 Å². The molecule has 2 atom stereocenters. The number of benzene rings is 1. The van der Waals surface area contributed by atoms with E-state index in [9.17, 15) is 14.5 Å². The second-order valence-corrected chi connectivity index (χ2v) is 5.75. The van der Waals surface area contributed by atoms with Crippen molar-refractivity contribution in [2.45, 2.75) is 43.8 Å². The number of nitro benzene ring substituents is 1. The fraction of sp³-hybridized carbons (Fsp3) is 0.571. The molecule has 2 saturated heterocycles. The first-order valence-electron chi connectivity index (χ1n) is 6.97. The van der Waals surface area contributed by atoms with Crippen LogP contribution in [0.4, 0.5) is 15.8 Å². The van der Waals surface area contributed by atoms with Crippen LogP contribution in [0.3, 0.4) is 0 Å². The number of halogens is 1. The highest BCUT2D eigenvalue weighted by molar-refractivity contribution is 5.62. The summed E-state index contributed by atoms with van der Waals surface area (Å²) in [5, 5.41) is 14.1. The van der Waals surface area contributed by atoms with Crippen LogP contribution in [0.5, 0.6) is 0 Å². The fourth-order valence-electron chi connectivity index (χ4n) is 3.54. The molecule has 6 heteroatoms. The van der Waals surface area contributed by atoms with Crippen molar-refractivity contribution in [3.05, 3.63) is 34.1 Å². The molecule has 0 radical (unpaired) electrons. The van der Waals surface area contributed by atoms with Gasteiger partial charge in [-0.25, -0.2) is 4.39 Å². The molecule has 2 bridgehead atoms. The van der Waals surface area contributed by atoms with Gasteiger partial charge in [-0.05, 0) is 38.8 Å². The Morgan fingerprint density at radius 2 is 2.00 bits per heavy atom. The molecule has 3 rings (SSSR count). The molecule has 2 heterocycles. The Bertz CT molecular complexity index is 523. The summed E-state index contributed by atoms with van der Waals surface area (Å²) in [5.74, 6) is -0.550. The van der Waals surface area contributed by atoms with Crippen molar-refractivity contribution in [2.24, 2.45) is 0 Å². The van der Waals surface area contributed by atoms with E-state index < -0.39 is 10.7 Å². The lowest BCUT2D eigenvalue weighted by Gasteiger charge is -2.36. The molecule has 1 aromatic rings. The summed E-state index contributed by atoms with van der Waals surface area (Å²) in [6, 6.07) is 5.11. The zero-order valence-corrected chi connectivity index (χ0v) is 11.4. The zero-order valence-electron chi connectivity index (χ0n) is 11.4. The van der Waals surface area contributed by atoms with E-state index in [1.807, 2.05) is 0 Å². The summed E-state index contributed by atoms with van der Waals surface area (Å²) in [6.45, 7) is 0. The molecule has 2 aliphatic rings. The summed E-state index contributed by atoms with van der Waals surface area (Å²) >= 11 is 0. The summed E-state index contributed by atoms with van der Waals surface area (Å²) in [7, 11) is 2.13. The van der Waals surface area contributed by atoms with Gasteiger partial charge in [-0.3, -0.25) is 10.1 Å². The second-order valence-electron chi connectivity index (χ2n) is 5.75. The molecule has 1 aromatic carbocycles. The molecular formula is C14H18FN3O2. The normalized spacial score (nSPS) is 29.4. The topological polar surface area (TPSA) is 58.4 Å². The number of nitro groups is 1. The third kappa shape index (κ3) is 2.24. The molecule has 5 nitrogen and oxygen atoms in total. The Morgan fingerprint density at radius 3 is 2.60 bits per heavy atom. The molecule has 0 amide bonds. The molecule has 0 aliphatic carbocycles. The van der Waals surface area contributed by atoms with Crippen LogP contribution in [0.1, 0.15) is 25.7 Å². The molecule has 0 aromatic heterocycles. The Labute approximate surface area is 116 Å². The van der Waals surface area contributed by atoms with E-state index in [1.165, 1.54) is 31.0 Å². The lowest BCUT2D eigenvalue weighted by atomic mass is 9.97. The van der Waals surface area contributed by atoms with Crippen molar-refractivity contribution >= 4 is 11.4 Å². The average molecular weight is 279 g/mol. The highest BCUT2D eigenvalue weighted by Gasteiger charge is 2.39. The third-order valence-electron chi connectivity index (χ3n) is 4.64. The second kappa shape index (κ2) is 5.01. The number of piperidine rings is 1. The number of fused-ring (bicyclic) bond motifs is 2. The molecule has 20 heavy (non-hydrogen) atoms. The lowest BCUT2D eigenvalue weighted by molar-refractivity contribution is -0.384. The molecule has 1 N–H and O–H groups in total. The van der Waals surface area contributed by atoms with Crippen LogP contribution >= 0.6 is 0 Å². The van der Waals surface area contributed by atoms with Gasteiger partial charge in [0.2, 0.25) is 0 Å². The van der Waals surface area contributed by atoms with E-state index in [-0.39, 0.29) is 17.4 Å². The van der Waals surface area contributed by atoms with Crippen LogP contribution < -0.4 is 5.32 Å². The van der Waals surface area contributed by atoms with Crippen LogP contribution in [0.25, 0.3) is 0 Å². The lowest BCUT2D eigenvalue weighted by Crippen LogP contribution is -2.44. The van der Waals surface area contributed by atoms with Gasteiger partial charge in [0.25, 0.3) is 5.69 Å². The SMILES string of the molecule is CN1C2CCC1CC(Nc1c(F)cccc1[N+](=O)[O-])C2. The number of nitrogens with zero attached hydrogens (tertiary/aromatic N) is 2. The number of anilines is 1. The standard InChI is InChI=1S/C14H18FN3O2/c1-17-10-5-6-11(17)8-9(7-10)16-14-12(15)3-2-4-13(14)18(19)20/h2-4,9-11,16H,5-8H2,1H3. The number of nitrogens with one attached hydrogen (secondary N) is 1. The Morgan fingerprint density at radius 1 is 1.35 bits per heavy atom. The first-order valence-corrected chi connectivity index (χ1v) is 6.97. The van der Waals surface area contributed by atoms with E-state index >= 15 is 0 Å². The third-order valence-corrected chi connectivity index (χ3v) is 4.64. The largest absolute Gasteiger partial charge is 0.374 e. The van der Waals surface area contributed by atoms with Crippen LogP contribution in [0, 0.1) is 15.9 Å². The van der Waals surface area contributed by atoms with Gasteiger partial charge < -0.3 is 10.2 Å². The summed E-state index contributed by atoms with van der Waals surface area (Å²) < 4.78 is 13.9. The molecule has 108 valence electrons. The molecule has 0 spiro atoms. The molecule has 2 unspecified atom stereocenters. The minimum Gasteiger partial charge on any atom is -0.374 e. The van der Waals surface area contributed by atoms with Crippen molar-refractivity contribution < 1.29 is 9.31 Å². The van der Waals surface area contributed by atoms with Crippen molar-refractivity contribution in [2.75, 3.05) is 12.4 Å². The van der Waals surface area contributed by atoms with Gasteiger partial charge in [-0.1, -0.05) is 6.07 Å². The number of hydrogen-bond donors (Lipinski definition) is 1. The molecular weight excluding hydrogens is 261 g/mol. The van der Waals surface area contributed by atoms with E-state index in [2.05, 4.69) is 17.3 Å². The summed E-state index contributed by atoms with van der Waals surface area (Å²) in [5.41, 5.74) is -0.150. The van der Waals surface area contributed by atoms with Crippen molar-refractivity contribution in [3.63, 3.8) is 0 Å². The van der Waals surface area contributed by atoms with E-state index in [4.69, 9.17) is 0 Å². The predicted octanol–water partition coefficient (Wildman–Crippen LogP) is 2.77. The van der Waals surface area contributed by atoms with Gasteiger partial charge in [-0.2, -0.15) is 0 Å². The van der Waals surface area contributed by atoms with Gasteiger partial charge in [0, 0.05) is 24.2 Å². The fourth-order valence-corrected chi connectivity index (χ4v) is 3.54. The van der Waals surface area contributed by atoms with Gasteiger partial charge >= 0.3 is 0 Å². The van der Waals surface area contributed by atoms with Crippen molar-refractivity contribution in [1.82, 2.24) is 4.90 Å². The Kier molecular flexibility index (Phi) is 3.33. The number of hydrogen-bond acceptors (Lipinski definition) is 4. The monoisotopic (exact) mass is 279 g/mol. The van der Waals surface area contributed by atoms with E-state index in [0.717, 1.165) is 12.8 Å². The number of para-hydroxylation sites is 1. The smallest absolute Gasteiger partial charge is 0.295 e. The minimum absolute atomic E-state index is 0.0338. The highest BCUT2D eigenvalue weighted by Crippen LogP contribution is 2.37. The Hall–Kier alpha value is -1.69. The molecule has 0 saturated carbocycles. The van der Waals surface area contributed by atoms with E-state index in [0.29, 0.717) is 12.1 Å². The molecule has 2 fully saturated rings. The van der Waals surface area contributed by atoms with Crippen LogP contribution in [0.2, 0.25) is 0 Å². The van der Waals surface area contributed by atoms with Crippen molar-refractivity contribution in [1.29, 1.82) is 0 Å². The van der Waals surface area contributed by atoms with Gasteiger partial charge in [0.05, 0.1) is 4.92 Å². The van der Waals surface area contributed by atoms with Crippen LogP contribution in [0.15, 0.2) is 18.2 Å². The maximum Gasteiger partial charge on any atom is 0.295 e. The summed E-state index contributed by atoms with van der Waals surface area (Å²) in [4.78, 5) is 12.8. The average Bonchev–Trinajstić information content (AvgIpc) is 2.63. The maximum atomic E-state index is 13.9. The quantitative estimate of drug-likeness (QED) is 0.682. The summed E-state index contributed by atoms with van der Waals surface area (Å²) in [6.07, 6.45) is 4.16. The van der Waals surface area contributed by atoms with Crippen LogP contribution in [-0.4, -0.2) is 35.0 Å². The Balaban J connectivity index is 1.80. The predicted molar refractivity (Wildman–Crippen MR) is 74.3 cm³/mol. The maximum absolute atomic E-state index is 13.9. The van der Waals surface area contributed by atoms with E-state index in [1.54, 1.807) is 0 Å². The van der Waals surface area contributed by atoms with Gasteiger partial charge in [-0.15, -0.1) is 0 Å². The zero-order chi connectivity index (χ0) is 14.3. The minimum atomic E-state index is -0.550. The number of rotatable bonds is 3. The van der Waals surface area contributed by atoms with Crippen LogP contribution in [-0.2, 0) is 0 Å². The first-order chi connectivity index (χ1) is 9.56. The van der Waals surface area contributed by atoms with Gasteiger partial charge in [0.15, 0.2) is 5.82 Å². The molecule has 2 aliphatic heterocycles. The highest BCUT2D eigenvalue weighted by atomic mass is 19.1.